The van der Waals surface area contributed by atoms with E-state index in [-0.39, 0.29) is 18.6 Å². The molecule has 0 spiro atoms. The first kappa shape index (κ1) is 25.7. The van der Waals surface area contributed by atoms with Crippen LogP contribution in [0.2, 0.25) is 0 Å². The highest BCUT2D eigenvalue weighted by Crippen LogP contribution is 2.30. The number of aliphatic hydroxyl groups excluding tert-OH is 1. The molecule has 1 aromatic carbocycles. The minimum Gasteiger partial charge on any atom is -0.496 e. The highest BCUT2D eigenvalue weighted by molar-refractivity contribution is 5.54. The fraction of sp³-hybridized carbons (Fsp3) is 0.583. The highest BCUT2D eigenvalue weighted by Gasteiger charge is 2.17. The molecule has 4 N–H and O–H groups in total. The summed E-state index contributed by atoms with van der Waals surface area (Å²) < 4.78 is 11.5. The molecule has 0 aliphatic carbocycles. The molecule has 0 radical (unpaired) electrons. The molecule has 2 aromatic rings. The lowest BCUT2D eigenvalue weighted by molar-refractivity contribution is 0.276. The number of nitrogens with zero attached hydrogens (tertiary/aromatic N) is 3. The van der Waals surface area contributed by atoms with Crippen molar-refractivity contribution in [3.8, 4) is 11.5 Å². The lowest BCUT2D eigenvalue weighted by Crippen LogP contribution is -2.23. The van der Waals surface area contributed by atoms with Gasteiger partial charge in [0.1, 0.15) is 17.3 Å². The number of rotatable bonds is 14. The van der Waals surface area contributed by atoms with Gasteiger partial charge in [-0.2, -0.15) is 4.98 Å². The molecule has 1 heterocycles. The van der Waals surface area contributed by atoms with Gasteiger partial charge in [0.15, 0.2) is 0 Å². The zero-order valence-corrected chi connectivity index (χ0v) is 20.1. The van der Waals surface area contributed by atoms with E-state index in [0.717, 1.165) is 54.1 Å². The average molecular weight is 446 g/mol. The Labute approximate surface area is 192 Å². The first-order chi connectivity index (χ1) is 15.4. The third-order valence-electron chi connectivity index (χ3n) is 5.33. The number of nitrogen functional groups attached to an aromatic ring is 1. The van der Waals surface area contributed by atoms with Gasteiger partial charge >= 0.3 is 0 Å². The fourth-order valence-electron chi connectivity index (χ4n) is 3.66. The molecule has 0 saturated heterocycles. The number of methoxy groups -OCH3 is 1. The Balaban J connectivity index is 2.23. The van der Waals surface area contributed by atoms with Gasteiger partial charge < -0.3 is 30.5 Å². The number of hydrogen-bond acceptors (Lipinski definition) is 8. The van der Waals surface area contributed by atoms with E-state index >= 15 is 0 Å². The second kappa shape index (κ2) is 13.1. The number of nitrogens with one attached hydrogen (secondary N) is 1. The van der Waals surface area contributed by atoms with Gasteiger partial charge in [-0.15, -0.1) is 0 Å². The van der Waals surface area contributed by atoms with Crippen LogP contribution in [0.5, 0.6) is 11.5 Å². The smallest absolute Gasteiger partial charge is 0.222 e. The molecule has 1 aromatic heterocycles. The highest BCUT2D eigenvalue weighted by atomic mass is 16.5. The third-order valence-corrected chi connectivity index (χ3v) is 5.33. The van der Waals surface area contributed by atoms with Gasteiger partial charge in [0.05, 0.1) is 13.7 Å². The number of nitrogens with two attached hydrogens (primary N) is 1. The largest absolute Gasteiger partial charge is 0.496 e. The number of anilines is 2. The molecule has 0 bridgehead atoms. The topological polar surface area (TPSA) is 106 Å². The minimum atomic E-state index is 0.121. The molecule has 1 unspecified atom stereocenters. The van der Waals surface area contributed by atoms with Crippen molar-refractivity contribution in [2.45, 2.75) is 52.0 Å². The monoisotopic (exact) mass is 445 g/mol. The van der Waals surface area contributed by atoms with Gasteiger partial charge in [-0.3, -0.25) is 0 Å². The summed E-state index contributed by atoms with van der Waals surface area (Å²) in [5.41, 5.74) is 8.75. The van der Waals surface area contributed by atoms with Crippen molar-refractivity contribution < 1.29 is 14.6 Å². The number of benzene rings is 1. The molecule has 8 nitrogen and oxygen atoms in total. The van der Waals surface area contributed by atoms with Gasteiger partial charge in [-0.1, -0.05) is 19.4 Å². The van der Waals surface area contributed by atoms with Gasteiger partial charge in [0.2, 0.25) is 5.95 Å². The van der Waals surface area contributed by atoms with E-state index in [9.17, 15) is 5.11 Å². The van der Waals surface area contributed by atoms with Crippen LogP contribution < -0.4 is 20.5 Å². The molecule has 0 aliphatic rings. The normalized spacial score (nSPS) is 12.1. The van der Waals surface area contributed by atoms with E-state index in [0.29, 0.717) is 25.3 Å². The Hall–Kier alpha value is -2.58. The summed E-state index contributed by atoms with van der Waals surface area (Å²) in [5, 5.41) is 12.9. The number of aromatic nitrogens is 2. The molecule has 0 aliphatic heterocycles. The van der Waals surface area contributed by atoms with Gasteiger partial charge in [0.25, 0.3) is 0 Å². The minimum absolute atomic E-state index is 0.121. The molecule has 0 saturated carbocycles. The lowest BCUT2D eigenvalue weighted by Gasteiger charge is -2.21. The number of ether oxygens (including phenoxy) is 2. The molecular formula is C24H39N5O3. The maximum atomic E-state index is 9.43. The summed E-state index contributed by atoms with van der Waals surface area (Å²) in [6.45, 7) is 5.83. The van der Waals surface area contributed by atoms with E-state index in [1.807, 2.05) is 25.1 Å². The Morgan fingerprint density at radius 2 is 2.00 bits per heavy atom. The van der Waals surface area contributed by atoms with E-state index in [1.54, 1.807) is 7.11 Å². The van der Waals surface area contributed by atoms with Crippen LogP contribution in [0.3, 0.4) is 0 Å². The van der Waals surface area contributed by atoms with E-state index in [1.165, 1.54) is 0 Å². The lowest BCUT2D eigenvalue weighted by atomic mass is 10.0. The van der Waals surface area contributed by atoms with Gasteiger partial charge in [-0.25, -0.2) is 4.98 Å². The number of hydrogen-bond donors (Lipinski definition) is 3. The van der Waals surface area contributed by atoms with Crippen LogP contribution in [0.1, 0.15) is 49.4 Å². The van der Waals surface area contributed by atoms with Crippen LogP contribution in [0.4, 0.5) is 11.8 Å². The van der Waals surface area contributed by atoms with Crippen molar-refractivity contribution >= 4 is 11.8 Å². The van der Waals surface area contributed by atoms with Gasteiger partial charge in [0, 0.05) is 42.9 Å². The second-order valence-electron chi connectivity index (χ2n) is 8.29. The SMILES string of the molecule is CCCC(CCO)Nc1nc(N)nc(C)c1Cc1ccc(OCCCN(C)C)cc1OC. The predicted octanol–water partition coefficient (Wildman–Crippen LogP) is 3.26. The average Bonchev–Trinajstić information content (AvgIpc) is 2.74. The van der Waals surface area contributed by atoms with E-state index in [4.69, 9.17) is 15.2 Å². The van der Waals surface area contributed by atoms with E-state index < -0.39 is 0 Å². The summed E-state index contributed by atoms with van der Waals surface area (Å²) in [5.74, 6) is 2.51. The maximum absolute atomic E-state index is 9.43. The third kappa shape index (κ3) is 7.84. The van der Waals surface area contributed by atoms with Crippen LogP contribution in [0, 0.1) is 6.92 Å². The molecule has 1 atom stereocenters. The zero-order chi connectivity index (χ0) is 23.5. The Morgan fingerprint density at radius 1 is 1.22 bits per heavy atom. The summed E-state index contributed by atoms with van der Waals surface area (Å²) in [6.07, 6.45) is 4.15. The van der Waals surface area contributed by atoms with E-state index in [2.05, 4.69) is 41.2 Å². The molecule has 8 heteroatoms. The molecule has 0 amide bonds. The maximum Gasteiger partial charge on any atom is 0.222 e. The second-order valence-corrected chi connectivity index (χ2v) is 8.29. The predicted molar refractivity (Wildman–Crippen MR) is 130 cm³/mol. The summed E-state index contributed by atoms with van der Waals surface area (Å²) >= 11 is 0. The standard InChI is InChI=1S/C24H39N5O3/c1-6-8-19(11-13-30)27-23-21(17(2)26-24(25)28-23)15-18-9-10-20(16-22(18)31-5)32-14-7-12-29(3)4/h9-10,16,19,30H,6-8,11-15H2,1-5H3,(H3,25,26,27,28). The Bertz CT molecular complexity index is 839. The Kier molecular flexibility index (Phi) is 10.5. The summed E-state index contributed by atoms with van der Waals surface area (Å²) in [6, 6.07) is 6.05. The van der Waals surface area contributed by atoms with Crippen LogP contribution in [-0.2, 0) is 6.42 Å². The summed E-state index contributed by atoms with van der Waals surface area (Å²) in [7, 11) is 5.77. The van der Waals surface area contributed by atoms with Crippen LogP contribution in [0.15, 0.2) is 18.2 Å². The molecule has 2 rings (SSSR count). The number of aliphatic hydroxyl groups is 1. The van der Waals surface area contributed by atoms with Crippen molar-refractivity contribution in [1.29, 1.82) is 0 Å². The van der Waals surface area contributed by atoms with Crippen molar-refractivity contribution in [3.05, 3.63) is 35.0 Å². The first-order valence-corrected chi connectivity index (χ1v) is 11.3. The fourth-order valence-corrected chi connectivity index (χ4v) is 3.66. The zero-order valence-electron chi connectivity index (χ0n) is 20.1. The molecular weight excluding hydrogens is 406 g/mol. The first-order valence-electron chi connectivity index (χ1n) is 11.3. The van der Waals surface area contributed by atoms with Crippen molar-refractivity contribution in [2.75, 3.05) is 52.0 Å². The molecule has 32 heavy (non-hydrogen) atoms. The van der Waals surface area contributed by atoms with Crippen molar-refractivity contribution in [3.63, 3.8) is 0 Å². The summed E-state index contributed by atoms with van der Waals surface area (Å²) in [4.78, 5) is 11.0. The Morgan fingerprint density at radius 3 is 2.66 bits per heavy atom. The van der Waals surface area contributed by atoms with Crippen LogP contribution in [0.25, 0.3) is 0 Å². The molecule has 0 fully saturated rings. The van der Waals surface area contributed by atoms with Crippen LogP contribution >= 0.6 is 0 Å². The van der Waals surface area contributed by atoms with Crippen molar-refractivity contribution in [2.24, 2.45) is 0 Å². The van der Waals surface area contributed by atoms with Crippen LogP contribution in [-0.4, -0.2) is 67.0 Å². The molecule has 178 valence electrons. The quantitative estimate of drug-likeness (QED) is 0.381. The van der Waals surface area contributed by atoms with Gasteiger partial charge in [-0.05, 0) is 51.9 Å². The van der Waals surface area contributed by atoms with Crippen molar-refractivity contribution in [1.82, 2.24) is 14.9 Å². The number of aryl methyl sites for hydroxylation is 1.